The molecular formula is C14H10BrNO4. The van der Waals surface area contributed by atoms with Gasteiger partial charge in [0.25, 0.3) is 5.91 Å². The summed E-state index contributed by atoms with van der Waals surface area (Å²) >= 11 is 3.26. The Labute approximate surface area is 123 Å². The molecular weight excluding hydrogens is 326 g/mol. The van der Waals surface area contributed by atoms with E-state index in [0.29, 0.717) is 5.56 Å². The number of carboxylic acids is 1. The molecule has 0 radical (unpaired) electrons. The summed E-state index contributed by atoms with van der Waals surface area (Å²) in [6.45, 7) is 0. The van der Waals surface area contributed by atoms with E-state index in [9.17, 15) is 14.7 Å². The minimum Gasteiger partial charge on any atom is -0.505 e. The van der Waals surface area contributed by atoms with Crippen molar-refractivity contribution < 1.29 is 19.8 Å². The predicted octanol–water partition coefficient (Wildman–Crippen LogP) is 3.11. The standard InChI is InChI=1S/C14H10BrNO4/c15-9-6-4-8(5-7-9)13(18)16-11-3-1-2-10(12(11)17)14(19)20/h1-7,17H,(H,16,18)(H,19,20). The van der Waals surface area contributed by atoms with Crippen LogP contribution in [-0.2, 0) is 0 Å². The average Bonchev–Trinajstić information content (AvgIpc) is 2.41. The SMILES string of the molecule is O=C(Nc1cccc(C(=O)O)c1O)c1ccc(Br)cc1. The number of amides is 1. The lowest BCUT2D eigenvalue weighted by molar-refractivity contribution is 0.0693. The maximum Gasteiger partial charge on any atom is 0.339 e. The first-order valence-corrected chi connectivity index (χ1v) is 6.40. The lowest BCUT2D eigenvalue weighted by Crippen LogP contribution is -2.12. The van der Waals surface area contributed by atoms with E-state index in [1.807, 2.05) is 0 Å². The van der Waals surface area contributed by atoms with Crippen LogP contribution in [0.25, 0.3) is 0 Å². The smallest absolute Gasteiger partial charge is 0.339 e. The number of hydrogen-bond acceptors (Lipinski definition) is 3. The number of halogens is 1. The molecule has 1 amide bonds. The van der Waals surface area contributed by atoms with E-state index in [2.05, 4.69) is 21.2 Å². The van der Waals surface area contributed by atoms with E-state index in [1.54, 1.807) is 24.3 Å². The molecule has 0 aliphatic carbocycles. The van der Waals surface area contributed by atoms with Gasteiger partial charge in [0.1, 0.15) is 5.56 Å². The zero-order valence-electron chi connectivity index (χ0n) is 10.1. The fourth-order valence-electron chi connectivity index (χ4n) is 1.61. The molecule has 0 unspecified atom stereocenters. The Bertz CT molecular complexity index is 667. The van der Waals surface area contributed by atoms with Crippen LogP contribution in [0.2, 0.25) is 0 Å². The molecule has 0 aliphatic heterocycles. The molecule has 2 aromatic carbocycles. The second kappa shape index (κ2) is 5.75. The first kappa shape index (κ1) is 14.1. The molecule has 102 valence electrons. The molecule has 0 aliphatic rings. The summed E-state index contributed by atoms with van der Waals surface area (Å²) < 4.78 is 0.838. The monoisotopic (exact) mass is 335 g/mol. The Kier molecular flexibility index (Phi) is 4.05. The number of aromatic hydroxyl groups is 1. The fraction of sp³-hybridized carbons (Fsp3) is 0. The Morgan fingerprint density at radius 1 is 1.05 bits per heavy atom. The van der Waals surface area contributed by atoms with E-state index in [0.717, 1.165) is 4.47 Å². The van der Waals surface area contributed by atoms with E-state index >= 15 is 0 Å². The first-order chi connectivity index (χ1) is 9.49. The Morgan fingerprint density at radius 3 is 2.30 bits per heavy atom. The van der Waals surface area contributed by atoms with Crippen molar-refractivity contribution >= 4 is 33.5 Å². The molecule has 0 saturated carbocycles. The molecule has 2 rings (SSSR count). The minimum absolute atomic E-state index is 0.0535. The van der Waals surface area contributed by atoms with Crippen molar-refractivity contribution in [3.8, 4) is 5.75 Å². The number of phenols is 1. The molecule has 5 nitrogen and oxygen atoms in total. The van der Waals surface area contributed by atoms with Gasteiger partial charge in [-0.15, -0.1) is 0 Å². The third kappa shape index (κ3) is 2.97. The summed E-state index contributed by atoms with van der Waals surface area (Å²) in [6.07, 6.45) is 0. The lowest BCUT2D eigenvalue weighted by atomic mass is 10.1. The molecule has 0 heterocycles. The molecule has 0 saturated heterocycles. The highest BCUT2D eigenvalue weighted by Gasteiger charge is 2.15. The fourth-order valence-corrected chi connectivity index (χ4v) is 1.88. The number of benzene rings is 2. The Morgan fingerprint density at radius 2 is 1.70 bits per heavy atom. The molecule has 0 fully saturated rings. The van der Waals surface area contributed by atoms with Crippen molar-refractivity contribution in [1.29, 1.82) is 0 Å². The molecule has 0 bridgehead atoms. The van der Waals surface area contributed by atoms with Gasteiger partial charge in [-0.05, 0) is 36.4 Å². The second-order valence-electron chi connectivity index (χ2n) is 3.97. The van der Waals surface area contributed by atoms with Gasteiger partial charge in [-0.25, -0.2) is 4.79 Å². The van der Waals surface area contributed by atoms with Crippen LogP contribution in [0.15, 0.2) is 46.9 Å². The van der Waals surface area contributed by atoms with Gasteiger partial charge in [-0.2, -0.15) is 0 Å². The van der Waals surface area contributed by atoms with Gasteiger partial charge in [0, 0.05) is 10.0 Å². The van der Waals surface area contributed by atoms with Gasteiger partial charge in [0.2, 0.25) is 0 Å². The summed E-state index contributed by atoms with van der Waals surface area (Å²) in [5.74, 6) is -2.16. The Hall–Kier alpha value is -2.34. The quantitative estimate of drug-likeness (QED) is 0.752. The number of carboxylic acid groups (broad SMARTS) is 1. The number of hydrogen-bond donors (Lipinski definition) is 3. The van der Waals surface area contributed by atoms with Gasteiger partial charge < -0.3 is 15.5 Å². The second-order valence-corrected chi connectivity index (χ2v) is 4.88. The van der Waals surface area contributed by atoms with Gasteiger partial charge in [0.05, 0.1) is 5.69 Å². The zero-order chi connectivity index (χ0) is 14.7. The van der Waals surface area contributed by atoms with Crippen LogP contribution in [0.4, 0.5) is 5.69 Å². The number of carbonyl (C=O) groups is 2. The van der Waals surface area contributed by atoms with E-state index in [-0.39, 0.29) is 11.3 Å². The number of anilines is 1. The van der Waals surface area contributed by atoms with Gasteiger partial charge in [0.15, 0.2) is 5.75 Å². The summed E-state index contributed by atoms with van der Waals surface area (Å²) in [5, 5.41) is 21.2. The summed E-state index contributed by atoms with van der Waals surface area (Å²) in [7, 11) is 0. The van der Waals surface area contributed by atoms with Crippen LogP contribution < -0.4 is 5.32 Å². The molecule has 2 aromatic rings. The number of aromatic carboxylic acids is 1. The van der Waals surface area contributed by atoms with Crippen LogP contribution in [0, 0.1) is 0 Å². The van der Waals surface area contributed by atoms with Crippen molar-refractivity contribution in [2.75, 3.05) is 5.32 Å². The van der Waals surface area contributed by atoms with Gasteiger partial charge >= 0.3 is 5.97 Å². The normalized spacial score (nSPS) is 10.1. The first-order valence-electron chi connectivity index (χ1n) is 5.61. The predicted molar refractivity (Wildman–Crippen MR) is 77.2 cm³/mol. The molecule has 3 N–H and O–H groups in total. The molecule has 0 atom stereocenters. The summed E-state index contributed by atoms with van der Waals surface area (Å²) in [6, 6.07) is 10.8. The number of carbonyl (C=O) groups excluding carboxylic acids is 1. The Balaban J connectivity index is 2.26. The molecule has 20 heavy (non-hydrogen) atoms. The van der Waals surface area contributed by atoms with Crippen molar-refractivity contribution in [3.63, 3.8) is 0 Å². The van der Waals surface area contributed by atoms with Crippen molar-refractivity contribution in [2.45, 2.75) is 0 Å². The van der Waals surface area contributed by atoms with Crippen LogP contribution in [0.3, 0.4) is 0 Å². The summed E-state index contributed by atoms with van der Waals surface area (Å²) in [5.41, 5.74) is 0.185. The van der Waals surface area contributed by atoms with E-state index < -0.39 is 17.6 Å². The zero-order valence-corrected chi connectivity index (χ0v) is 11.7. The molecule has 0 aromatic heterocycles. The van der Waals surface area contributed by atoms with Crippen molar-refractivity contribution in [3.05, 3.63) is 58.1 Å². The molecule has 6 heteroatoms. The van der Waals surface area contributed by atoms with Crippen LogP contribution in [-0.4, -0.2) is 22.1 Å². The number of rotatable bonds is 3. The van der Waals surface area contributed by atoms with Crippen LogP contribution in [0.5, 0.6) is 5.75 Å². The maximum absolute atomic E-state index is 12.0. The van der Waals surface area contributed by atoms with Crippen LogP contribution >= 0.6 is 15.9 Å². The third-order valence-electron chi connectivity index (χ3n) is 2.62. The largest absolute Gasteiger partial charge is 0.505 e. The lowest BCUT2D eigenvalue weighted by Gasteiger charge is -2.09. The highest BCUT2D eigenvalue weighted by Crippen LogP contribution is 2.27. The van der Waals surface area contributed by atoms with Crippen LogP contribution in [0.1, 0.15) is 20.7 Å². The maximum atomic E-state index is 12.0. The number of para-hydroxylation sites is 1. The van der Waals surface area contributed by atoms with E-state index in [4.69, 9.17) is 5.11 Å². The highest BCUT2D eigenvalue weighted by molar-refractivity contribution is 9.10. The topological polar surface area (TPSA) is 86.6 Å². The third-order valence-corrected chi connectivity index (χ3v) is 3.15. The van der Waals surface area contributed by atoms with Gasteiger partial charge in [-0.1, -0.05) is 22.0 Å². The number of nitrogens with one attached hydrogen (secondary N) is 1. The highest BCUT2D eigenvalue weighted by atomic mass is 79.9. The van der Waals surface area contributed by atoms with E-state index in [1.165, 1.54) is 18.2 Å². The van der Waals surface area contributed by atoms with Gasteiger partial charge in [-0.3, -0.25) is 4.79 Å². The van der Waals surface area contributed by atoms with Crippen molar-refractivity contribution in [2.24, 2.45) is 0 Å². The molecule has 0 spiro atoms. The van der Waals surface area contributed by atoms with Crippen molar-refractivity contribution in [1.82, 2.24) is 0 Å². The average molecular weight is 336 g/mol. The summed E-state index contributed by atoms with van der Waals surface area (Å²) in [4.78, 5) is 22.9. The minimum atomic E-state index is -1.26.